The number of nitrogens with two attached hydrogens (primary N) is 1. The molecule has 27 heavy (non-hydrogen) atoms. The van der Waals surface area contributed by atoms with E-state index in [4.69, 9.17) is 10.5 Å². The minimum absolute atomic E-state index is 0. The Labute approximate surface area is 172 Å². The smallest absolute Gasteiger partial charge is 0.240 e. The summed E-state index contributed by atoms with van der Waals surface area (Å²) < 4.78 is 7.69. The number of benzene rings is 1. The molecule has 2 unspecified atom stereocenters. The van der Waals surface area contributed by atoms with E-state index in [1.807, 2.05) is 47.7 Å². The summed E-state index contributed by atoms with van der Waals surface area (Å²) in [5.74, 6) is -0.0281. The Kier molecular flexibility index (Phi) is 9.26. The first-order valence-electron chi connectivity index (χ1n) is 8.75. The zero-order valence-corrected chi connectivity index (χ0v) is 17.3. The Morgan fingerprint density at radius 3 is 2.48 bits per heavy atom. The predicted molar refractivity (Wildman–Crippen MR) is 111 cm³/mol. The Bertz CT molecular complexity index is 701. The lowest BCUT2D eigenvalue weighted by atomic mass is 10.1. The van der Waals surface area contributed by atoms with Crippen LogP contribution in [-0.2, 0) is 22.5 Å². The number of carbonyl (C=O) groups excluding carboxylic acids is 1. The first-order valence-corrected chi connectivity index (χ1v) is 8.75. The molecule has 0 saturated carbocycles. The van der Waals surface area contributed by atoms with Crippen LogP contribution in [0.2, 0.25) is 0 Å². The molecule has 0 spiro atoms. The van der Waals surface area contributed by atoms with Gasteiger partial charge in [0.2, 0.25) is 5.91 Å². The zero-order chi connectivity index (χ0) is 17.8. The van der Waals surface area contributed by atoms with Gasteiger partial charge in [0.15, 0.2) is 0 Å². The van der Waals surface area contributed by atoms with Gasteiger partial charge in [0.05, 0.1) is 30.3 Å². The lowest BCUT2D eigenvalue weighted by molar-refractivity contribution is -0.144. The standard InChI is InChI=1S/C19H26N4O2.2ClH/c1-14-9-23(10-15(2)25-14)19(24)18(20)8-17-12-22(13-21-17)11-16-6-4-3-5-7-16;;/h3-7,12-15,18H,8-11,20H2,1-2H3;2*1H/t14?,15?,18-;;/m0../s1. The SMILES string of the molecule is CC1CN(C(=O)[C@@H](N)Cc2cn(Cc3ccccc3)cn2)CC(C)O1.Cl.Cl. The minimum Gasteiger partial charge on any atom is -0.372 e. The van der Waals surface area contributed by atoms with Gasteiger partial charge in [-0.25, -0.2) is 4.98 Å². The maximum absolute atomic E-state index is 12.6. The van der Waals surface area contributed by atoms with E-state index in [1.165, 1.54) is 5.56 Å². The highest BCUT2D eigenvalue weighted by Gasteiger charge is 2.29. The molecular weight excluding hydrogens is 387 g/mol. The van der Waals surface area contributed by atoms with Crippen LogP contribution in [0.4, 0.5) is 0 Å². The van der Waals surface area contributed by atoms with Crippen LogP contribution in [0.15, 0.2) is 42.9 Å². The van der Waals surface area contributed by atoms with Gasteiger partial charge in [0.25, 0.3) is 0 Å². The second-order valence-corrected chi connectivity index (χ2v) is 6.83. The molecule has 2 N–H and O–H groups in total. The molecule has 3 atom stereocenters. The van der Waals surface area contributed by atoms with Gasteiger partial charge < -0.3 is 19.9 Å². The lowest BCUT2D eigenvalue weighted by Gasteiger charge is -2.36. The average molecular weight is 415 g/mol. The highest BCUT2D eigenvalue weighted by atomic mass is 35.5. The van der Waals surface area contributed by atoms with Crippen molar-refractivity contribution < 1.29 is 9.53 Å². The van der Waals surface area contributed by atoms with Crippen molar-refractivity contribution in [1.29, 1.82) is 0 Å². The molecule has 1 amide bonds. The van der Waals surface area contributed by atoms with Crippen molar-refractivity contribution in [2.75, 3.05) is 13.1 Å². The second-order valence-electron chi connectivity index (χ2n) is 6.83. The van der Waals surface area contributed by atoms with Gasteiger partial charge in [-0.15, -0.1) is 24.8 Å². The molecule has 1 aliphatic heterocycles. The number of rotatable bonds is 5. The van der Waals surface area contributed by atoms with Gasteiger partial charge >= 0.3 is 0 Å². The van der Waals surface area contributed by atoms with Crippen molar-refractivity contribution in [1.82, 2.24) is 14.5 Å². The Morgan fingerprint density at radius 2 is 1.85 bits per heavy atom. The fourth-order valence-electron chi connectivity index (χ4n) is 3.30. The van der Waals surface area contributed by atoms with E-state index in [0.717, 1.165) is 12.2 Å². The number of halogens is 2. The maximum atomic E-state index is 12.6. The van der Waals surface area contributed by atoms with E-state index >= 15 is 0 Å². The summed E-state index contributed by atoms with van der Waals surface area (Å²) in [6.45, 7) is 5.91. The summed E-state index contributed by atoms with van der Waals surface area (Å²) in [7, 11) is 0. The minimum atomic E-state index is -0.572. The molecule has 2 aromatic rings. The van der Waals surface area contributed by atoms with Gasteiger partial charge in [-0.2, -0.15) is 0 Å². The fourth-order valence-corrected chi connectivity index (χ4v) is 3.30. The van der Waals surface area contributed by atoms with E-state index in [1.54, 1.807) is 6.33 Å². The van der Waals surface area contributed by atoms with Crippen LogP contribution in [0.25, 0.3) is 0 Å². The number of amides is 1. The van der Waals surface area contributed by atoms with Gasteiger partial charge in [0.1, 0.15) is 0 Å². The maximum Gasteiger partial charge on any atom is 0.240 e. The van der Waals surface area contributed by atoms with E-state index in [-0.39, 0.29) is 42.9 Å². The number of morpholine rings is 1. The van der Waals surface area contributed by atoms with Gasteiger partial charge in [0, 0.05) is 32.3 Å². The molecule has 0 bridgehead atoms. The largest absolute Gasteiger partial charge is 0.372 e. The molecule has 1 aromatic heterocycles. The predicted octanol–water partition coefficient (Wildman–Crippen LogP) is 2.28. The van der Waals surface area contributed by atoms with E-state index < -0.39 is 6.04 Å². The van der Waals surface area contributed by atoms with Crippen LogP contribution < -0.4 is 5.73 Å². The number of nitrogens with zero attached hydrogens (tertiary/aromatic N) is 3. The van der Waals surface area contributed by atoms with Crippen molar-refractivity contribution in [2.24, 2.45) is 5.73 Å². The summed E-state index contributed by atoms with van der Waals surface area (Å²) in [6, 6.07) is 9.63. The Hall–Kier alpha value is -1.60. The first-order chi connectivity index (χ1) is 12.0. The molecule has 3 rings (SSSR count). The summed E-state index contributed by atoms with van der Waals surface area (Å²) in [6.07, 6.45) is 4.29. The molecular formula is C19H28Cl2N4O2. The van der Waals surface area contributed by atoms with Crippen LogP contribution in [0, 0.1) is 0 Å². The van der Waals surface area contributed by atoms with E-state index in [0.29, 0.717) is 19.5 Å². The number of hydrogen-bond donors (Lipinski definition) is 1. The zero-order valence-electron chi connectivity index (χ0n) is 15.7. The van der Waals surface area contributed by atoms with Crippen LogP contribution in [0.5, 0.6) is 0 Å². The van der Waals surface area contributed by atoms with Crippen molar-refractivity contribution in [3.05, 3.63) is 54.1 Å². The molecule has 0 aliphatic carbocycles. The van der Waals surface area contributed by atoms with Gasteiger partial charge in [-0.3, -0.25) is 4.79 Å². The Balaban J connectivity index is 0.00000182. The average Bonchev–Trinajstić information content (AvgIpc) is 3.01. The molecule has 0 radical (unpaired) electrons. The van der Waals surface area contributed by atoms with Crippen molar-refractivity contribution in [2.45, 2.75) is 45.1 Å². The van der Waals surface area contributed by atoms with Gasteiger partial charge in [-0.05, 0) is 19.4 Å². The fraction of sp³-hybridized carbons (Fsp3) is 0.474. The molecule has 8 heteroatoms. The van der Waals surface area contributed by atoms with Crippen LogP contribution in [0.3, 0.4) is 0 Å². The molecule has 6 nitrogen and oxygen atoms in total. The summed E-state index contributed by atoms with van der Waals surface area (Å²) in [5, 5.41) is 0. The summed E-state index contributed by atoms with van der Waals surface area (Å²) >= 11 is 0. The molecule has 1 fully saturated rings. The Morgan fingerprint density at radius 1 is 1.22 bits per heavy atom. The van der Waals surface area contributed by atoms with E-state index in [2.05, 4.69) is 17.1 Å². The van der Waals surface area contributed by atoms with Crippen LogP contribution in [-0.4, -0.2) is 51.7 Å². The topological polar surface area (TPSA) is 73.4 Å². The van der Waals surface area contributed by atoms with E-state index in [9.17, 15) is 4.79 Å². The lowest BCUT2D eigenvalue weighted by Crippen LogP contribution is -2.53. The number of carbonyl (C=O) groups is 1. The number of aromatic nitrogens is 2. The van der Waals surface area contributed by atoms with Crippen LogP contribution >= 0.6 is 24.8 Å². The normalized spacial score (nSPS) is 20.3. The van der Waals surface area contributed by atoms with Crippen molar-refractivity contribution in [3.8, 4) is 0 Å². The third-order valence-electron chi connectivity index (χ3n) is 4.37. The first kappa shape index (κ1) is 23.4. The molecule has 1 aromatic carbocycles. The number of imidazole rings is 1. The highest BCUT2D eigenvalue weighted by Crippen LogP contribution is 2.13. The summed E-state index contributed by atoms with van der Waals surface area (Å²) in [5.41, 5.74) is 8.20. The monoisotopic (exact) mass is 414 g/mol. The molecule has 1 aliphatic rings. The highest BCUT2D eigenvalue weighted by molar-refractivity contribution is 5.85. The molecule has 150 valence electrons. The number of ether oxygens (including phenoxy) is 1. The quantitative estimate of drug-likeness (QED) is 0.813. The third kappa shape index (κ3) is 6.50. The summed E-state index contributed by atoms with van der Waals surface area (Å²) in [4.78, 5) is 18.8. The van der Waals surface area contributed by atoms with Crippen LogP contribution in [0.1, 0.15) is 25.1 Å². The number of hydrogen-bond acceptors (Lipinski definition) is 4. The molecule has 2 heterocycles. The van der Waals surface area contributed by atoms with Crippen molar-refractivity contribution >= 4 is 30.7 Å². The molecule has 1 saturated heterocycles. The van der Waals surface area contributed by atoms with Crippen molar-refractivity contribution in [3.63, 3.8) is 0 Å². The third-order valence-corrected chi connectivity index (χ3v) is 4.37. The second kappa shape index (κ2) is 10.7. The van der Waals surface area contributed by atoms with Gasteiger partial charge in [-0.1, -0.05) is 30.3 Å².